The highest BCUT2D eigenvalue weighted by Crippen LogP contribution is 2.69. The predicted molar refractivity (Wildman–Crippen MR) is 149 cm³/mol. The van der Waals surface area contributed by atoms with Gasteiger partial charge < -0.3 is 19.6 Å². The summed E-state index contributed by atoms with van der Waals surface area (Å²) >= 11 is 1.62. The number of likely N-dealkylation sites (tertiary alicyclic amines) is 1. The SMILES string of the molecule is C=CCOC(=O)[C@@H]1[C@@H]2CC(C)C3(S2)C(C(=O)N(CC=C)Cc2ccccc2)N([C@@H](CO)[C@@H](C)CC)C(=O)[C@H]13. The van der Waals surface area contributed by atoms with Gasteiger partial charge in [0.1, 0.15) is 12.6 Å². The summed E-state index contributed by atoms with van der Waals surface area (Å²) in [6.07, 6.45) is 4.69. The lowest BCUT2D eigenvalue weighted by Gasteiger charge is -2.43. The van der Waals surface area contributed by atoms with E-state index in [9.17, 15) is 19.5 Å². The minimum absolute atomic E-state index is 0.0277. The van der Waals surface area contributed by atoms with Crippen LogP contribution in [0.15, 0.2) is 55.6 Å². The molecule has 206 valence electrons. The molecule has 3 heterocycles. The molecule has 0 saturated carbocycles. The quantitative estimate of drug-likeness (QED) is 0.322. The van der Waals surface area contributed by atoms with Crippen molar-refractivity contribution in [2.45, 2.75) is 62.2 Å². The lowest BCUT2D eigenvalue weighted by atomic mass is 9.66. The van der Waals surface area contributed by atoms with Crippen LogP contribution in [-0.2, 0) is 25.7 Å². The van der Waals surface area contributed by atoms with Gasteiger partial charge in [-0.05, 0) is 23.8 Å². The van der Waals surface area contributed by atoms with Crippen LogP contribution in [0, 0.1) is 23.7 Å². The van der Waals surface area contributed by atoms with Crippen molar-refractivity contribution in [3.63, 3.8) is 0 Å². The van der Waals surface area contributed by atoms with E-state index in [1.54, 1.807) is 27.6 Å². The summed E-state index contributed by atoms with van der Waals surface area (Å²) < 4.78 is 4.70. The van der Waals surface area contributed by atoms with Gasteiger partial charge in [-0.15, -0.1) is 18.3 Å². The van der Waals surface area contributed by atoms with Gasteiger partial charge in [-0.1, -0.05) is 76.3 Å². The van der Waals surface area contributed by atoms with Crippen molar-refractivity contribution < 1.29 is 24.2 Å². The topological polar surface area (TPSA) is 87.2 Å². The minimum Gasteiger partial charge on any atom is -0.461 e. The zero-order chi connectivity index (χ0) is 27.6. The Morgan fingerprint density at radius 3 is 2.61 bits per heavy atom. The lowest BCUT2D eigenvalue weighted by Crippen LogP contribution is -2.60. The minimum atomic E-state index is -0.794. The normalized spacial score (nSPS) is 31.0. The number of carbonyl (C=O) groups excluding carboxylic acids is 3. The molecule has 3 saturated heterocycles. The third-order valence-corrected chi connectivity index (χ3v) is 10.8. The number of fused-ring (bicyclic) bond motifs is 1. The molecular formula is C30H40N2O5S. The number of aliphatic hydroxyl groups excluding tert-OH is 1. The number of ether oxygens (including phenoxy) is 1. The fourth-order valence-electron chi connectivity index (χ4n) is 6.78. The molecule has 7 nitrogen and oxygen atoms in total. The van der Waals surface area contributed by atoms with E-state index in [0.717, 1.165) is 18.4 Å². The third kappa shape index (κ3) is 4.60. The van der Waals surface area contributed by atoms with Crippen LogP contribution in [0.2, 0.25) is 0 Å². The van der Waals surface area contributed by atoms with E-state index < -0.39 is 34.6 Å². The summed E-state index contributed by atoms with van der Waals surface area (Å²) in [6, 6.07) is 8.43. The van der Waals surface area contributed by atoms with Crippen molar-refractivity contribution in [2.24, 2.45) is 23.7 Å². The second-order valence-corrected chi connectivity index (χ2v) is 12.4. The Bertz CT molecular complexity index is 1060. The number of rotatable bonds is 12. The maximum atomic E-state index is 14.6. The van der Waals surface area contributed by atoms with Gasteiger partial charge in [0.25, 0.3) is 0 Å². The Balaban J connectivity index is 1.81. The molecule has 2 bridgehead atoms. The highest BCUT2D eigenvalue weighted by atomic mass is 32.2. The predicted octanol–water partition coefficient (Wildman–Crippen LogP) is 3.67. The highest BCUT2D eigenvalue weighted by Gasteiger charge is 2.77. The average Bonchev–Trinajstić information content (AvgIpc) is 3.51. The van der Waals surface area contributed by atoms with E-state index in [0.29, 0.717) is 13.1 Å². The second-order valence-electron chi connectivity index (χ2n) is 10.8. The molecule has 4 rings (SSSR count). The summed E-state index contributed by atoms with van der Waals surface area (Å²) in [5.41, 5.74) is 0.982. The summed E-state index contributed by atoms with van der Waals surface area (Å²) in [7, 11) is 0. The van der Waals surface area contributed by atoms with Crippen molar-refractivity contribution in [3.05, 3.63) is 61.2 Å². The Kier molecular flexibility index (Phi) is 8.72. The number of thioether (sulfide) groups is 1. The van der Waals surface area contributed by atoms with E-state index >= 15 is 0 Å². The van der Waals surface area contributed by atoms with Crippen LogP contribution in [0.25, 0.3) is 0 Å². The Hall–Kier alpha value is -2.58. The van der Waals surface area contributed by atoms with Gasteiger partial charge in [0.2, 0.25) is 11.8 Å². The van der Waals surface area contributed by atoms with Crippen molar-refractivity contribution in [1.29, 1.82) is 0 Å². The van der Waals surface area contributed by atoms with Crippen molar-refractivity contribution in [3.8, 4) is 0 Å². The monoisotopic (exact) mass is 540 g/mol. The van der Waals surface area contributed by atoms with Gasteiger partial charge >= 0.3 is 5.97 Å². The molecule has 3 aliphatic heterocycles. The summed E-state index contributed by atoms with van der Waals surface area (Å²) in [6.45, 7) is 14.2. The highest BCUT2D eigenvalue weighted by molar-refractivity contribution is 8.02. The Morgan fingerprint density at radius 2 is 2.00 bits per heavy atom. The molecule has 38 heavy (non-hydrogen) atoms. The number of hydrogen-bond acceptors (Lipinski definition) is 6. The van der Waals surface area contributed by atoms with Gasteiger partial charge in [-0.3, -0.25) is 14.4 Å². The summed E-state index contributed by atoms with van der Waals surface area (Å²) in [4.78, 5) is 45.6. The van der Waals surface area contributed by atoms with Crippen LogP contribution < -0.4 is 0 Å². The zero-order valence-corrected chi connectivity index (χ0v) is 23.4. The lowest BCUT2D eigenvalue weighted by molar-refractivity contribution is -0.154. The maximum absolute atomic E-state index is 14.6. The molecule has 0 radical (unpaired) electrons. The molecule has 1 aromatic rings. The molecule has 3 unspecified atom stereocenters. The standard InChI is InChI=1S/C30H40N2O5S/c1-6-14-31(17-21-12-10-9-11-13-21)28(35)26-30-20(5)16-23(38-30)24(29(36)37-15-7-2)25(30)27(34)32(26)22(18-33)19(4)8-3/h6-7,9-13,19-20,22-26,33H,1-2,8,14-18H2,3-5H3/t19-,20?,22-,23-,24+,25-,26?,30?/m0/s1. The fraction of sp³-hybridized carbons (Fsp3) is 0.567. The van der Waals surface area contributed by atoms with Crippen LogP contribution in [0.1, 0.15) is 39.2 Å². The van der Waals surface area contributed by atoms with Crippen LogP contribution in [-0.4, -0.2) is 74.5 Å². The first kappa shape index (κ1) is 28.4. The van der Waals surface area contributed by atoms with E-state index in [-0.39, 0.29) is 42.1 Å². The van der Waals surface area contributed by atoms with Crippen molar-refractivity contribution in [2.75, 3.05) is 19.8 Å². The van der Waals surface area contributed by atoms with Gasteiger partial charge in [0.15, 0.2) is 0 Å². The van der Waals surface area contributed by atoms with Crippen LogP contribution in [0.5, 0.6) is 0 Å². The molecule has 8 heteroatoms. The number of esters is 1. The molecule has 2 amide bonds. The summed E-state index contributed by atoms with van der Waals surface area (Å²) in [5.74, 6) is -2.07. The van der Waals surface area contributed by atoms with E-state index in [1.165, 1.54) is 6.08 Å². The first-order valence-electron chi connectivity index (χ1n) is 13.6. The molecule has 1 aromatic carbocycles. The third-order valence-electron chi connectivity index (χ3n) is 8.76. The zero-order valence-electron chi connectivity index (χ0n) is 22.6. The van der Waals surface area contributed by atoms with E-state index in [1.807, 2.05) is 44.2 Å². The van der Waals surface area contributed by atoms with Crippen LogP contribution in [0.3, 0.4) is 0 Å². The van der Waals surface area contributed by atoms with E-state index in [4.69, 9.17) is 4.74 Å². The van der Waals surface area contributed by atoms with Crippen LogP contribution >= 0.6 is 11.8 Å². The van der Waals surface area contributed by atoms with Crippen molar-refractivity contribution in [1.82, 2.24) is 9.80 Å². The van der Waals surface area contributed by atoms with E-state index in [2.05, 4.69) is 20.1 Å². The van der Waals surface area contributed by atoms with Crippen molar-refractivity contribution >= 4 is 29.5 Å². The second kappa shape index (κ2) is 11.7. The largest absolute Gasteiger partial charge is 0.461 e. The molecule has 3 aliphatic rings. The number of carbonyl (C=O) groups is 3. The van der Waals surface area contributed by atoms with Gasteiger partial charge in [0, 0.05) is 18.3 Å². The Morgan fingerprint density at radius 1 is 1.29 bits per heavy atom. The van der Waals surface area contributed by atoms with Gasteiger partial charge in [-0.25, -0.2) is 0 Å². The number of amides is 2. The van der Waals surface area contributed by atoms with Gasteiger partial charge in [0.05, 0.1) is 29.2 Å². The molecule has 0 aromatic heterocycles. The Labute approximate surface area is 230 Å². The number of aliphatic hydroxyl groups is 1. The molecule has 8 atom stereocenters. The number of benzene rings is 1. The molecular weight excluding hydrogens is 500 g/mol. The maximum Gasteiger partial charge on any atom is 0.311 e. The molecule has 1 N–H and O–H groups in total. The summed E-state index contributed by atoms with van der Waals surface area (Å²) in [5, 5.41) is 10.4. The molecule has 0 aliphatic carbocycles. The fourth-order valence-corrected chi connectivity index (χ4v) is 9.17. The average molecular weight is 541 g/mol. The van der Waals surface area contributed by atoms with Crippen LogP contribution in [0.4, 0.5) is 0 Å². The number of nitrogens with zero attached hydrogens (tertiary/aromatic N) is 2. The smallest absolute Gasteiger partial charge is 0.311 e. The number of hydrogen-bond donors (Lipinski definition) is 1. The van der Waals surface area contributed by atoms with Gasteiger partial charge in [-0.2, -0.15) is 0 Å². The molecule has 1 spiro atoms. The molecule has 3 fully saturated rings. The first-order chi connectivity index (χ1) is 18.3. The first-order valence-corrected chi connectivity index (χ1v) is 14.5.